The fraction of sp³-hybridized carbons (Fsp3) is 0.125. The fourth-order valence-electron chi connectivity index (χ4n) is 2.12. The monoisotopic (exact) mass is 359 g/mol. The molecular weight excluding hydrogens is 346 g/mol. The van der Waals surface area contributed by atoms with E-state index in [9.17, 15) is 14.9 Å². The zero-order chi connectivity index (χ0) is 17.1. The average molecular weight is 359 g/mol. The number of carbonyl (C=O) groups is 1. The Labute approximate surface area is 146 Å². The van der Waals surface area contributed by atoms with E-state index in [1.165, 1.54) is 23.5 Å². The minimum Gasteiger partial charge on any atom is -0.298 e. The van der Waals surface area contributed by atoms with Crippen LogP contribution >= 0.6 is 23.1 Å². The Kier molecular flexibility index (Phi) is 4.77. The molecule has 8 heteroatoms. The minimum absolute atomic E-state index is 0.0188. The van der Waals surface area contributed by atoms with Crippen molar-refractivity contribution in [3.05, 3.63) is 58.1 Å². The molecule has 0 aliphatic carbocycles. The van der Waals surface area contributed by atoms with E-state index in [4.69, 9.17) is 0 Å². The highest BCUT2D eigenvalue weighted by atomic mass is 32.2. The normalized spacial score (nSPS) is 10.7. The summed E-state index contributed by atoms with van der Waals surface area (Å²) in [5.41, 5.74) is 1.02. The van der Waals surface area contributed by atoms with Crippen LogP contribution in [-0.2, 0) is 0 Å². The van der Waals surface area contributed by atoms with E-state index in [2.05, 4.69) is 17.2 Å². The second kappa shape index (κ2) is 6.98. The van der Waals surface area contributed by atoms with Gasteiger partial charge in [0.15, 0.2) is 5.13 Å². The molecule has 0 saturated heterocycles. The summed E-state index contributed by atoms with van der Waals surface area (Å²) in [4.78, 5) is 28.0. The number of aromatic nitrogens is 1. The van der Waals surface area contributed by atoms with Gasteiger partial charge in [-0.3, -0.25) is 20.2 Å². The van der Waals surface area contributed by atoms with Gasteiger partial charge in [0.05, 0.1) is 15.1 Å². The van der Waals surface area contributed by atoms with Crippen molar-refractivity contribution in [3.8, 4) is 0 Å². The van der Waals surface area contributed by atoms with Gasteiger partial charge in [0.1, 0.15) is 0 Å². The second-order valence-electron chi connectivity index (χ2n) is 4.84. The lowest BCUT2D eigenvalue weighted by atomic mass is 10.2. The third-order valence-corrected chi connectivity index (χ3v) is 5.08. The Morgan fingerprint density at radius 2 is 2.04 bits per heavy atom. The molecule has 6 nitrogen and oxygen atoms in total. The molecule has 0 radical (unpaired) electrons. The van der Waals surface area contributed by atoms with Crippen molar-refractivity contribution in [1.82, 2.24) is 4.98 Å². The van der Waals surface area contributed by atoms with Crippen molar-refractivity contribution in [2.24, 2.45) is 0 Å². The number of nitrogens with one attached hydrogen (secondary N) is 1. The van der Waals surface area contributed by atoms with Crippen LogP contribution in [0.1, 0.15) is 17.3 Å². The number of anilines is 1. The van der Waals surface area contributed by atoms with Crippen LogP contribution in [0.4, 0.5) is 10.8 Å². The van der Waals surface area contributed by atoms with Gasteiger partial charge in [0.2, 0.25) is 0 Å². The van der Waals surface area contributed by atoms with Gasteiger partial charge in [0.25, 0.3) is 11.6 Å². The molecule has 122 valence electrons. The SMILES string of the molecule is CCSc1ccc(C(=O)Nc2nc3cc([N+](=O)[O-])ccc3s2)cc1. The van der Waals surface area contributed by atoms with Crippen LogP contribution in [0.5, 0.6) is 0 Å². The Bertz CT molecular complexity index is 907. The van der Waals surface area contributed by atoms with Crippen LogP contribution < -0.4 is 5.32 Å². The molecule has 0 spiro atoms. The fourth-order valence-corrected chi connectivity index (χ4v) is 3.62. The van der Waals surface area contributed by atoms with E-state index in [0.717, 1.165) is 15.3 Å². The number of nitro benzene ring substituents is 1. The number of benzene rings is 2. The summed E-state index contributed by atoms with van der Waals surface area (Å²) in [6, 6.07) is 11.8. The molecule has 0 aliphatic heterocycles. The highest BCUT2D eigenvalue weighted by molar-refractivity contribution is 7.99. The van der Waals surface area contributed by atoms with Crippen molar-refractivity contribution in [1.29, 1.82) is 0 Å². The number of hydrogen-bond acceptors (Lipinski definition) is 6. The molecule has 1 amide bonds. The van der Waals surface area contributed by atoms with Crippen molar-refractivity contribution in [3.63, 3.8) is 0 Å². The molecular formula is C16H13N3O3S2. The highest BCUT2D eigenvalue weighted by Crippen LogP contribution is 2.29. The molecule has 3 aromatic rings. The van der Waals surface area contributed by atoms with E-state index < -0.39 is 4.92 Å². The Hall–Kier alpha value is -2.45. The molecule has 0 aliphatic rings. The van der Waals surface area contributed by atoms with E-state index in [0.29, 0.717) is 16.2 Å². The van der Waals surface area contributed by atoms with Gasteiger partial charge in [-0.15, -0.1) is 11.8 Å². The number of amides is 1. The third kappa shape index (κ3) is 3.55. The molecule has 24 heavy (non-hydrogen) atoms. The third-order valence-electron chi connectivity index (χ3n) is 3.23. The Balaban J connectivity index is 1.78. The molecule has 0 saturated carbocycles. The molecule has 1 heterocycles. The lowest BCUT2D eigenvalue weighted by Gasteiger charge is -2.03. The van der Waals surface area contributed by atoms with Crippen molar-refractivity contribution >= 4 is 50.0 Å². The standard InChI is InChI=1S/C16H13N3O3S2/c1-2-23-12-6-3-10(4-7-12)15(20)18-16-17-13-9-11(19(21)22)5-8-14(13)24-16/h3-9H,2H2,1H3,(H,17,18,20). The summed E-state index contributed by atoms with van der Waals surface area (Å²) in [7, 11) is 0. The minimum atomic E-state index is -0.465. The second-order valence-corrected chi connectivity index (χ2v) is 7.21. The first-order chi connectivity index (χ1) is 11.6. The number of nitro groups is 1. The largest absolute Gasteiger partial charge is 0.298 e. The molecule has 0 unspecified atom stereocenters. The maximum Gasteiger partial charge on any atom is 0.271 e. The molecule has 1 N–H and O–H groups in total. The van der Waals surface area contributed by atoms with Crippen LogP contribution in [0.2, 0.25) is 0 Å². The van der Waals surface area contributed by atoms with Crippen LogP contribution in [-0.4, -0.2) is 21.6 Å². The zero-order valence-corrected chi connectivity index (χ0v) is 14.3. The van der Waals surface area contributed by atoms with Gasteiger partial charge >= 0.3 is 0 Å². The number of thiazole rings is 1. The number of nitrogens with zero attached hydrogens (tertiary/aromatic N) is 2. The lowest BCUT2D eigenvalue weighted by molar-refractivity contribution is -0.384. The summed E-state index contributed by atoms with van der Waals surface area (Å²) < 4.78 is 0.783. The van der Waals surface area contributed by atoms with E-state index in [1.807, 2.05) is 12.1 Å². The van der Waals surface area contributed by atoms with Gasteiger partial charge in [-0.1, -0.05) is 18.3 Å². The maximum absolute atomic E-state index is 12.3. The van der Waals surface area contributed by atoms with Crippen molar-refractivity contribution < 1.29 is 9.72 Å². The highest BCUT2D eigenvalue weighted by Gasteiger charge is 2.13. The van der Waals surface area contributed by atoms with Crippen LogP contribution in [0, 0.1) is 10.1 Å². The van der Waals surface area contributed by atoms with Crippen LogP contribution in [0.3, 0.4) is 0 Å². The zero-order valence-electron chi connectivity index (χ0n) is 12.7. The molecule has 0 atom stereocenters. The summed E-state index contributed by atoms with van der Waals surface area (Å²) in [5.74, 6) is 0.722. The summed E-state index contributed by atoms with van der Waals surface area (Å²) in [6.45, 7) is 2.07. The van der Waals surface area contributed by atoms with Gasteiger partial charge in [-0.2, -0.15) is 0 Å². The average Bonchev–Trinajstić information content (AvgIpc) is 2.97. The maximum atomic E-state index is 12.3. The van der Waals surface area contributed by atoms with Crippen LogP contribution in [0.15, 0.2) is 47.4 Å². The van der Waals surface area contributed by atoms with Gasteiger partial charge in [0, 0.05) is 22.6 Å². The number of carbonyl (C=O) groups excluding carboxylic acids is 1. The predicted octanol–water partition coefficient (Wildman–Crippen LogP) is 4.57. The summed E-state index contributed by atoms with van der Waals surface area (Å²) in [6.07, 6.45) is 0. The predicted molar refractivity (Wildman–Crippen MR) is 97.1 cm³/mol. The summed E-state index contributed by atoms with van der Waals surface area (Å²) >= 11 is 2.99. The number of non-ortho nitro benzene ring substituents is 1. The van der Waals surface area contributed by atoms with E-state index in [-0.39, 0.29) is 11.6 Å². The number of hydrogen-bond donors (Lipinski definition) is 1. The molecule has 0 fully saturated rings. The van der Waals surface area contributed by atoms with Gasteiger partial charge in [-0.25, -0.2) is 4.98 Å². The first kappa shape index (κ1) is 16.4. The first-order valence-corrected chi connectivity index (χ1v) is 8.96. The number of thioether (sulfide) groups is 1. The van der Waals surface area contributed by atoms with Crippen molar-refractivity contribution in [2.75, 3.05) is 11.1 Å². The molecule has 1 aromatic heterocycles. The molecule has 0 bridgehead atoms. The first-order valence-electron chi connectivity index (χ1n) is 7.16. The lowest BCUT2D eigenvalue weighted by Crippen LogP contribution is -2.11. The van der Waals surface area contributed by atoms with Gasteiger partial charge in [-0.05, 0) is 36.1 Å². The van der Waals surface area contributed by atoms with E-state index >= 15 is 0 Å². The molecule has 3 rings (SSSR count). The molecule has 2 aromatic carbocycles. The van der Waals surface area contributed by atoms with Crippen molar-refractivity contribution in [2.45, 2.75) is 11.8 Å². The smallest absolute Gasteiger partial charge is 0.271 e. The van der Waals surface area contributed by atoms with Crippen LogP contribution in [0.25, 0.3) is 10.2 Å². The Morgan fingerprint density at radius 1 is 1.29 bits per heavy atom. The topological polar surface area (TPSA) is 85.1 Å². The number of fused-ring (bicyclic) bond motifs is 1. The van der Waals surface area contributed by atoms with E-state index in [1.54, 1.807) is 30.0 Å². The van der Waals surface area contributed by atoms with Gasteiger partial charge < -0.3 is 0 Å². The quantitative estimate of drug-likeness (QED) is 0.410. The summed E-state index contributed by atoms with van der Waals surface area (Å²) in [5, 5.41) is 14.0. The Morgan fingerprint density at radius 3 is 2.71 bits per heavy atom. The number of rotatable bonds is 5.